The lowest BCUT2D eigenvalue weighted by molar-refractivity contribution is -0.159. The van der Waals surface area contributed by atoms with Crippen LogP contribution in [-0.4, -0.2) is 54.2 Å². The summed E-state index contributed by atoms with van der Waals surface area (Å²) in [6.07, 6.45) is 0.716. The number of hydrogen-bond donors (Lipinski definition) is 3. The molecule has 34 heavy (non-hydrogen) atoms. The number of H-pyrrole nitrogens is 1. The van der Waals surface area contributed by atoms with Crippen molar-refractivity contribution in [2.75, 3.05) is 25.1 Å². The van der Waals surface area contributed by atoms with Crippen molar-refractivity contribution in [2.45, 2.75) is 25.9 Å². The number of amides is 1. The third kappa shape index (κ3) is 4.10. The van der Waals surface area contributed by atoms with Crippen LogP contribution in [0, 0.1) is 5.41 Å². The zero-order chi connectivity index (χ0) is 24.6. The minimum Gasteiger partial charge on any atom is -0.497 e. The third-order valence-electron chi connectivity index (χ3n) is 6.24. The average molecular weight is 466 g/mol. The molecule has 0 spiro atoms. The van der Waals surface area contributed by atoms with Gasteiger partial charge in [0.15, 0.2) is 6.10 Å². The van der Waals surface area contributed by atoms with Crippen LogP contribution in [0.1, 0.15) is 35.7 Å². The van der Waals surface area contributed by atoms with Crippen LogP contribution >= 0.6 is 0 Å². The summed E-state index contributed by atoms with van der Waals surface area (Å²) >= 11 is 0. The number of aromatic nitrogens is 1. The summed E-state index contributed by atoms with van der Waals surface area (Å²) in [5, 5.41) is 9.90. The first kappa shape index (κ1) is 23.3. The first-order valence-electron chi connectivity index (χ1n) is 10.9. The second-order valence-electron chi connectivity index (χ2n) is 9.03. The van der Waals surface area contributed by atoms with E-state index in [-0.39, 0.29) is 18.0 Å². The number of fused-ring (bicyclic) bond motifs is 1. The number of nitrogens with one attached hydrogen (secondary N) is 1. The average Bonchev–Trinajstić information content (AvgIpc) is 3.33. The highest BCUT2D eigenvalue weighted by Gasteiger charge is 2.50. The van der Waals surface area contributed by atoms with Gasteiger partial charge < -0.3 is 30.2 Å². The van der Waals surface area contributed by atoms with Gasteiger partial charge in [-0.05, 0) is 48.0 Å². The van der Waals surface area contributed by atoms with Gasteiger partial charge in [0.2, 0.25) is 0 Å². The van der Waals surface area contributed by atoms with Crippen molar-refractivity contribution >= 4 is 34.4 Å². The van der Waals surface area contributed by atoms with Crippen LogP contribution in [0.15, 0.2) is 48.7 Å². The van der Waals surface area contributed by atoms with Crippen LogP contribution in [0.25, 0.3) is 10.9 Å². The van der Waals surface area contributed by atoms with Crippen molar-refractivity contribution in [2.24, 2.45) is 11.1 Å². The number of methoxy groups -OCH3 is 1. The maximum absolute atomic E-state index is 13.2. The lowest BCUT2D eigenvalue weighted by atomic mass is 9.89. The van der Waals surface area contributed by atoms with Gasteiger partial charge >= 0.3 is 11.9 Å². The SMILES string of the molecule is COc1ccc2[nH]cc([C@@H](CN)C(=O)O[C@H]3C(=O)N(c4ccc(C(=O)O)cc4)CC3(C)C)c2c1. The van der Waals surface area contributed by atoms with E-state index < -0.39 is 29.4 Å². The van der Waals surface area contributed by atoms with E-state index >= 15 is 0 Å². The lowest BCUT2D eigenvalue weighted by Gasteiger charge is -2.25. The number of carbonyl (C=O) groups excluding carboxylic acids is 2. The van der Waals surface area contributed by atoms with Crippen LogP contribution < -0.4 is 15.4 Å². The number of anilines is 1. The maximum atomic E-state index is 13.2. The van der Waals surface area contributed by atoms with Gasteiger partial charge in [0.25, 0.3) is 5.91 Å². The summed E-state index contributed by atoms with van der Waals surface area (Å²) in [5.41, 5.74) is 7.47. The number of rotatable bonds is 7. The molecule has 2 atom stereocenters. The largest absolute Gasteiger partial charge is 0.497 e. The molecule has 2 heterocycles. The van der Waals surface area contributed by atoms with Crippen molar-refractivity contribution in [3.63, 3.8) is 0 Å². The fraction of sp³-hybridized carbons (Fsp3) is 0.320. The zero-order valence-electron chi connectivity index (χ0n) is 19.2. The van der Waals surface area contributed by atoms with E-state index in [0.717, 1.165) is 10.9 Å². The van der Waals surface area contributed by atoms with Crippen molar-refractivity contribution < 1.29 is 29.0 Å². The van der Waals surface area contributed by atoms with Gasteiger partial charge in [0.05, 0.1) is 18.6 Å². The first-order chi connectivity index (χ1) is 16.2. The van der Waals surface area contributed by atoms with E-state index in [1.807, 2.05) is 32.0 Å². The number of nitrogens with zero attached hydrogens (tertiary/aromatic N) is 1. The standard InChI is InChI=1S/C25H27N3O6/c1-25(2)13-28(15-6-4-14(5-7-15)23(30)31)22(29)21(25)34-24(32)18(11-26)19-12-27-20-9-8-16(33-3)10-17(19)20/h4-10,12,18,21,27H,11,13,26H2,1-3H3,(H,30,31)/t18-,21+/m1/s1. The minimum atomic E-state index is -1.05. The molecule has 1 saturated heterocycles. The zero-order valence-corrected chi connectivity index (χ0v) is 19.2. The highest BCUT2D eigenvalue weighted by molar-refractivity contribution is 6.02. The fourth-order valence-corrected chi connectivity index (χ4v) is 4.34. The number of nitrogens with two attached hydrogens (primary N) is 1. The molecule has 0 radical (unpaired) electrons. The number of carboxylic acid groups (broad SMARTS) is 1. The lowest BCUT2D eigenvalue weighted by Crippen LogP contribution is -2.38. The Morgan fingerprint density at radius 3 is 2.56 bits per heavy atom. The Morgan fingerprint density at radius 1 is 1.24 bits per heavy atom. The number of benzene rings is 2. The predicted molar refractivity (Wildman–Crippen MR) is 126 cm³/mol. The summed E-state index contributed by atoms with van der Waals surface area (Å²) in [6, 6.07) is 11.5. The molecule has 178 valence electrons. The Morgan fingerprint density at radius 2 is 1.94 bits per heavy atom. The summed E-state index contributed by atoms with van der Waals surface area (Å²) in [5.74, 6) is -2.12. The van der Waals surface area contributed by atoms with Crippen molar-refractivity contribution in [3.05, 3.63) is 59.8 Å². The molecule has 0 aliphatic carbocycles. The van der Waals surface area contributed by atoms with Crippen LogP contribution in [0.4, 0.5) is 5.69 Å². The summed E-state index contributed by atoms with van der Waals surface area (Å²) in [4.78, 5) is 42.3. The quantitative estimate of drug-likeness (QED) is 0.457. The number of carboxylic acids is 1. The summed E-state index contributed by atoms with van der Waals surface area (Å²) in [7, 11) is 1.57. The van der Waals surface area contributed by atoms with Gasteiger partial charge in [-0.25, -0.2) is 4.79 Å². The normalized spacial score (nSPS) is 18.2. The molecule has 2 aromatic carbocycles. The molecular weight excluding hydrogens is 438 g/mol. The van der Waals surface area contributed by atoms with Gasteiger partial charge in [-0.2, -0.15) is 0 Å². The molecule has 1 amide bonds. The van der Waals surface area contributed by atoms with E-state index in [2.05, 4.69) is 4.98 Å². The van der Waals surface area contributed by atoms with Gasteiger partial charge in [-0.1, -0.05) is 13.8 Å². The molecule has 4 N–H and O–H groups in total. The molecule has 4 rings (SSSR count). The molecule has 9 nitrogen and oxygen atoms in total. The second-order valence-corrected chi connectivity index (χ2v) is 9.03. The topological polar surface area (TPSA) is 135 Å². The smallest absolute Gasteiger partial charge is 0.335 e. The van der Waals surface area contributed by atoms with Crippen LogP contribution in [0.3, 0.4) is 0 Å². The van der Waals surface area contributed by atoms with Crippen molar-refractivity contribution in [1.82, 2.24) is 4.98 Å². The van der Waals surface area contributed by atoms with Crippen LogP contribution in [-0.2, 0) is 14.3 Å². The Kier molecular flexibility index (Phi) is 6.05. The molecule has 9 heteroatoms. The van der Waals surface area contributed by atoms with Gasteiger partial charge in [0, 0.05) is 41.3 Å². The minimum absolute atomic E-state index is 0.00466. The molecule has 0 saturated carbocycles. The molecule has 0 unspecified atom stereocenters. The van der Waals surface area contributed by atoms with E-state index in [0.29, 0.717) is 23.5 Å². The Hall–Kier alpha value is -3.85. The Bertz CT molecular complexity index is 1250. The number of aromatic carboxylic acids is 1. The van der Waals surface area contributed by atoms with E-state index in [9.17, 15) is 14.4 Å². The number of esters is 1. The van der Waals surface area contributed by atoms with Crippen LogP contribution in [0.2, 0.25) is 0 Å². The van der Waals surface area contributed by atoms with Crippen molar-refractivity contribution in [1.29, 1.82) is 0 Å². The third-order valence-corrected chi connectivity index (χ3v) is 6.24. The van der Waals surface area contributed by atoms with Gasteiger partial charge in [0.1, 0.15) is 5.75 Å². The van der Waals surface area contributed by atoms with E-state index in [1.54, 1.807) is 25.4 Å². The molecule has 1 fully saturated rings. The fourth-order valence-electron chi connectivity index (χ4n) is 4.34. The predicted octanol–water partition coefficient (Wildman–Crippen LogP) is 2.90. The van der Waals surface area contributed by atoms with Crippen LogP contribution in [0.5, 0.6) is 5.75 Å². The van der Waals surface area contributed by atoms with E-state index in [1.165, 1.54) is 17.0 Å². The molecule has 3 aromatic rings. The monoisotopic (exact) mass is 465 g/mol. The molecule has 1 aromatic heterocycles. The highest BCUT2D eigenvalue weighted by atomic mass is 16.6. The molecule has 1 aliphatic heterocycles. The number of carbonyl (C=O) groups is 3. The van der Waals surface area contributed by atoms with E-state index in [4.69, 9.17) is 20.3 Å². The summed E-state index contributed by atoms with van der Waals surface area (Å²) < 4.78 is 11.1. The van der Waals surface area contributed by atoms with Gasteiger partial charge in [-0.3, -0.25) is 9.59 Å². The highest BCUT2D eigenvalue weighted by Crippen LogP contribution is 2.37. The number of ether oxygens (including phenoxy) is 2. The van der Waals surface area contributed by atoms with Crippen molar-refractivity contribution in [3.8, 4) is 5.75 Å². The first-order valence-corrected chi connectivity index (χ1v) is 10.9. The van der Waals surface area contributed by atoms with Gasteiger partial charge in [-0.15, -0.1) is 0 Å². The summed E-state index contributed by atoms with van der Waals surface area (Å²) in [6.45, 7) is 4.02. The number of aromatic amines is 1. The number of hydrogen-bond acceptors (Lipinski definition) is 6. The maximum Gasteiger partial charge on any atom is 0.335 e. The molecule has 1 aliphatic rings. The molecular formula is C25H27N3O6. The Balaban J connectivity index is 1.57. The second kappa shape index (κ2) is 8.83. The molecule has 0 bridgehead atoms. The Labute approximate surface area is 196 Å².